The fourth-order valence-electron chi connectivity index (χ4n) is 3.89. The van der Waals surface area contributed by atoms with E-state index >= 15 is 0 Å². The standard InChI is InChI=1S/C26H26ClN3O/c1-19(28-25(31)18-21-13-15-22(27)16-14-21)26-29-23-11-5-6-12-24(23)30(26)17-7-10-20-8-3-2-4-9-20/h2-6,8-9,11-16,19H,7,10,17-18H2,1H3,(H,28,31). The molecule has 31 heavy (non-hydrogen) atoms. The minimum Gasteiger partial charge on any atom is -0.346 e. The zero-order chi connectivity index (χ0) is 21.6. The van der Waals surface area contributed by atoms with Crippen LogP contribution in [-0.4, -0.2) is 15.5 Å². The Morgan fingerprint density at radius 2 is 1.68 bits per heavy atom. The first kappa shape index (κ1) is 21.1. The van der Waals surface area contributed by atoms with Gasteiger partial charge in [-0.25, -0.2) is 4.98 Å². The monoisotopic (exact) mass is 431 g/mol. The van der Waals surface area contributed by atoms with Gasteiger partial charge >= 0.3 is 0 Å². The molecule has 0 aliphatic carbocycles. The number of halogens is 1. The van der Waals surface area contributed by atoms with Crippen molar-refractivity contribution in [1.29, 1.82) is 0 Å². The first-order valence-corrected chi connectivity index (χ1v) is 11.0. The number of aromatic nitrogens is 2. The zero-order valence-corrected chi connectivity index (χ0v) is 18.3. The molecule has 0 spiro atoms. The van der Waals surface area contributed by atoms with Gasteiger partial charge in [0.25, 0.3) is 0 Å². The second-order valence-corrected chi connectivity index (χ2v) is 8.23. The molecular weight excluding hydrogens is 406 g/mol. The molecule has 1 amide bonds. The first-order valence-electron chi connectivity index (χ1n) is 10.6. The second kappa shape index (κ2) is 9.80. The quantitative estimate of drug-likeness (QED) is 0.386. The van der Waals surface area contributed by atoms with Crippen molar-refractivity contribution in [3.8, 4) is 0 Å². The normalized spacial score (nSPS) is 12.1. The highest BCUT2D eigenvalue weighted by Crippen LogP contribution is 2.22. The lowest BCUT2D eigenvalue weighted by Crippen LogP contribution is -2.30. The predicted octanol–water partition coefficient (Wildman–Crippen LogP) is 5.74. The van der Waals surface area contributed by atoms with Crippen molar-refractivity contribution in [3.63, 3.8) is 0 Å². The fraction of sp³-hybridized carbons (Fsp3) is 0.231. The maximum Gasteiger partial charge on any atom is 0.224 e. The molecule has 4 nitrogen and oxygen atoms in total. The predicted molar refractivity (Wildman–Crippen MR) is 126 cm³/mol. The Bertz CT molecular complexity index is 1150. The number of nitrogens with one attached hydrogen (secondary N) is 1. The highest BCUT2D eigenvalue weighted by Gasteiger charge is 2.18. The van der Waals surface area contributed by atoms with Gasteiger partial charge in [-0.2, -0.15) is 0 Å². The lowest BCUT2D eigenvalue weighted by molar-refractivity contribution is -0.121. The third-order valence-electron chi connectivity index (χ3n) is 5.42. The molecule has 0 aliphatic rings. The number of benzene rings is 3. The number of aryl methyl sites for hydroxylation is 2. The largest absolute Gasteiger partial charge is 0.346 e. The Morgan fingerprint density at radius 3 is 2.45 bits per heavy atom. The molecule has 0 bridgehead atoms. The number of hydrogen-bond donors (Lipinski definition) is 1. The van der Waals surface area contributed by atoms with Gasteiger partial charge in [-0.3, -0.25) is 4.79 Å². The maximum absolute atomic E-state index is 12.6. The number of nitrogens with zero attached hydrogens (tertiary/aromatic N) is 2. The van der Waals surface area contributed by atoms with Crippen LogP contribution in [-0.2, 0) is 24.2 Å². The fourth-order valence-corrected chi connectivity index (χ4v) is 4.02. The lowest BCUT2D eigenvalue weighted by Gasteiger charge is -2.16. The van der Waals surface area contributed by atoms with Gasteiger partial charge in [0.2, 0.25) is 5.91 Å². The van der Waals surface area contributed by atoms with Crippen LogP contribution in [0.15, 0.2) is 78.9 Å². The molecule has 0 radical (unpaired) electrons. The number of para-hydroxylation sites is 2. The van der Waals surface area contributed by atoms with E-state index in [0.717, 1.165) is 41.8 Å². The molecule has 4 rings (SSSR count). The molecule has 0 fully saturated rings. The van der Waals surface area contributed by atoms with Gasteiger partial charge in [-0.1, -0.05) is 66.2 Å². The van der Waals surface area contributed by atoms with Crippen LogP contribution in [0.5, 0.6) is 0 Å². The van der Waals surface area contributed by atoms with Crippen molar-refractivity contribution in [2.45, 2.75) is 38.8 Å². The second-order valence-electron chi connectivity index (χ2n) is 7.79. The van der Waals surface area contributed by atoms with E-state index in [-0.39, 0.29) is 11.9 Å². The van der Waals surface area contributed by atoms with Crippen molar-refractivity contribution in [3.05, 3.63) is 101 Å². The smallest absolute Gasteiger partial charge is 0.224 e. The number of carbonyl (C=O) groups excluding carboxylic acids is 1. The van der Waals surface area contributed by atoms with Crippen molar-refractivity contribution in [2.75, 3.05) is 0 Å². The minimum absolute atomic E-state index is 0.0299. The van der Waals surface area contributed by atoms with Gasteiger partial charge < -0.3 is 9.88 Å². The Hall–Kier alpha value is -3.11. The van der Waals surface area contributed by atoms with Gasteiger partial charge in [-0.15, -0.1) is 0 Å². The molecule has 1 N–H and O–H groups in total. The summed E-state index contributed by atoms with van der Waals surface area (Å²) in [5, 5.41) is 3.78. The number of imidazole rings is 1. The molecule has 4 aromatic rings. The summed E-state index contributed by atoms with van der Waals surface area (Å²) >= 11 is 5.94. The molecule has 3 aromatic carbocycles. The van der Waals surface area contributed by atoms with Crippen LogP contribution in [0.1, 0.15) is 36.3 Å². The van der Waals surface area contributed by atoms with Gasteiger partial charge in [-0.05, 0) is 55.2 Å². The molecular formula is C26H26ClN3O. The summed E-state index contributed by atoms with van der Waals surface area (Å²) in [7, 11) is 0. The summed E-state index contributed by atoms with van der Waals surface area (Å²) in [6.45, 7) is 2.84. The topological polar surface area (TPSA) is 46.9 Å². The molecule has 0 aliphatic heterocycles. The van der Waals surface area contributed by atoms with Crippen molar-refractivity contribution in [2.24, 2.45) is 0 Å². The maximum atomic E-state index is 12.6. The van der Waals surface area contributed by atoms with Crippen LogP contribution in [0.4, 0.5) is 0 Å². The molecule has 0 saturated carbocycles. The molecule has 1 atom stereocenters. The van der Waals surface area contributed by atoms with Crippen molar-refractivity contribution < 1.29 is 4.79 Å². The van der Waals surface area contributed by atoms with Crippen LogP contribution in [0.3, 0.4) is 0 Å². The minimum atomic E-state index is -0.191. The van der Waals surface area contributed by atoms with Crippen LogP contribution < -0.4 is 5.32 Å². The van der Waals surface area contributed by atoms with Gasteiger partial charge in [0.1, 0.15) is 5.82 Å². The van der Waals surface area contributed by atoms with E-state index in [1.165, 1.54) is 5.56 Å². The summed E-state index contributed by atoms with van der Waals surface area (Å²) in [4.78, 5) is 17.5. The first-order chi connectivity index (χ1) is 15.1. The Morgan fingerprint density at radius 1 is 0.968 bits per heavy atom. The summed E-state index contributed by atoms with van der Waals surface area (Å²) in [5.41, 5.74) is 4.32. The Balaban J connectivity index is 1.48. The molecule has 0 saturated heterocycles. The molecule has 5 heteroatoms. The third kappa shape index (κ3) is 5.33. The average Bonchev–Trinajstić information content (AvgIpc) is 3.15. The molecule has 1 heterocycles. The number of hydrogen-bond acceptors (Lipinski definition) is 2. The van der Waals surface area contributed by atoms with E-state index in [4.69, 9.17) is 16.6 Å². The van der Waals surface area contributed by atoms with E-state index in [2.05, 4.69) is 40.2 Å². The third-order valence-corrected chi connectivity index (χ3v) is 5.67. The van der Waals surface area contributed by atoms with E-state index in [1.807, 2.05) is 43.3 Å². The Kier molecular flexibility index (Phi) is 6.68. The summed E-state index contributed by atoms with van der Waals surface area (Å²) in [6, 6.07) is 25.8. The molecule has 1 unspecified atom stereocenters. The van der Waals surface area contributed by atoms with E-state index < -0.39 is 0 Å². The van der Waals surface area contributed by atoms with Gasteiger partial charge in [0.15, 0.2) is 0 Å². The molecule has 1 aromatic heterocycles. The number of rotatable bonds is 8. The number of amides is 1. The van der Waals surface area contributed by atoms with E-state index in [0.29, 0.717) is 11.4 Å². The summed E-state index contributed by atoms with van der Waals surface area (Å²) < 4.78 is 2.24. The molecule has 158 valence electrons. The van der Waals surface area contributed by atoms with Crippen LogP contribution in [0.25, 0.3) is 11.0 Å². The van der Waals surface area contributed by atoms with E-state index in [1.54, 1.807) is 12.1 Å². The van der Waals surface area contributed by atoms with Crippen molar-refractivity contribution in [1.82, 2.24) is 14.9 Å². The van der Waals surface area contributed by atoms with Crippen LogP contribution in [0.2, 0.25) is 5.02 Å². The van der Waals surface area contributed by atoms with E-state index in [9.17, 15) is 4.79 Å². The average molecular weight is 432 g/mol. The number of carbonyl (C=O) groups is 1. The Labute approximate surface area is 187 Å². The highest BCUT2D eigenvalue weighted by molar-refractivity contribution is 6.30. The SMILES string of the molecule is CC(NC(=O)Cc1ccc(Cl)cc1)c1nc2ccccc2n1CCCc1ccccc1. The van der Waals surface area contributed by atoms with Gasteiger partial charge in [0, 0.05) is 11.6 Å². The van der Waals surface area contributed by atoms with Gasteiger partial charge in [0.05, 0.1) is 23.5 Å². The highest BCUT2D eigenvalue weighted by atomic mass is 35.5. The van der Waals surface area contributed by atoms with Crippen molar-refractivity contribution >= 4 is 28.5 Å². The number of fused-ring (bicyclic) bond motifs is 1. The van der Waals surface area contributed by atoms with Crippen LogP contribution in [0, 0.1) is 0 Å². The zero-order valence-electron chi connectivity index (χ0n) is 17.6. The van der Waals surface area contributed by atoms with Crippen LogP contribution >= 0.6 is 11.6 Å². The summed E-state index contributed by atoms with van der Waals surface area (Å²) in [5.74, 6) is 0.858. The summed E-state index contributed by atoms with van der Waals surface area (Å²) in [6.07, 6.45) is 2.32. The lowest BCUT2D eigenvalue weighted by atomic mass is 10.1.